The fraction of sp³-hybridized carbons (Fsp3) is 0.846. The Kier molecular flexibility index (Phi) is 6.47. The molecule has 1 aliphatic rings. The van der Waals surface area contributed by atoms with Crippen molar-refractivity contribution in [1.82, 2.24) is 15.1 Å². The van der Waals surface area contributed by atoms with E-state index >= 15 is 0 Å². The summed E-state index contributed by atoms with van der Waals surface area (Å²) < 4.78 is 0. The monoisotopic (exact) mass is 223 g/mol. The van der Waals surface area contributed by atoms with Crippen LogP contribution >= 0.6 is 0 Å². The molecule has 0 amide bonds. The summed E-state index contributed by atoms with van der Waals surface area (Å²) in [7, 11) is 2.19. The third-order valence-corrected chi connectivity index (χ3v) is 3.39. The average Bonchev–Trinajstić information content (AvgIpc) is 2.79. The second-order valence-electron chi connectivity index (χ2n) is 4.71. The van der Waals surface area contributed by atoms with Crippen LogP contribution in [0.3, 0.4) is 0 Å². The molecule has 1 aliphatic heterocycles. The van der Waals surface area contributed by atoms with E-state index in [9.17, 15) is 0 Å². The molecule has 1 atom stereocenters. The second-order valence-corrected chi connectivity index (χ2v) is 4.71. The Hall–Kier alpha value is -0.560. The third-order valence-electron chi connectivity index (χ3n) is 3.39. The van der Waals surface area contributed by atoms with Crippen molar-refractivity contribution in [3.8, 4) is 12.3 Å². The van der Waals surface area contributed by atoms with E-state index in [1.165, 1.54) is 32.5 Å². The molecular formula is C13H25N3. The summed E-state index contributed by atoms with van der Waals surface area (Å²) in [5.74, 6) is 2.60. The molecule has 1 unspecified atom stereocenters. The number of terminal acetylenes is 1. The Bertz CT molecular complexity index is 216. The quantitative estimate of drug-likeness (QED) is 0.504. The summed E-state index contributed by atoms with van der Waals surface area (Å²) in [5, 5.41) is 3.25. The molecule has 3 nitrogen and oxygen atoms in total. The Morgan fingerprint density at radius 3 is 2.75 bits per heavy atom. The van der Waals surface area contributed by atoms with Gasteiger partial charge in [0.15, 0.2) is 0 Å². The van der Waals surface area contributed by atoms with Crippen LogP contribution < -0.4 is 5.32 Å². The number of hydrogen-bond acceptors (Lipinski definition) is 3. The normalized spacial score (nSPS) is 18.9. The Balaban J connectivity index is 2.08. The van der Waals surface area contributed by atoms with Crippen molar-refractivity contribution in [1.29, 1.82) is 0 Å². The minimum absolute atomic E-state index is 0.552. The molecule has 0 saturated carbocycles. The van der Waals surface area contributed by atoms with Crippen molar-refractivity contribution in [2.75, 3.05) is 46.3 Å². The maximum atomic E-state index is 5.20. The zero-order valence-electron chi connectivity index (χ0n) is 10.7. The van der Waals surface area contributed by atoms with Crippen LogP contribution in [0.1, 0.15) is 19.8 Å². The van der Waals surface area contributed by atoms with E-state index in [-0.39, 0.29) is 0 Å². The number of nitrogens with zero attached hydrogens (tertiary/aromatic N) is 2. The topological polar surface area (TPSA) is 18.5 Å². The lowest BCUT2D eigenvalue weighted by Crippen LogP contribution is -2.41. The molecule has 1 N–H and O–H groups in total. The van der Waals surface area contributed by atoms with Crippen LogP contribution in [0, 0.1) is 12.3 Å². The van der Waals surface area contributed by atoms with Crippen molar-refractivity contribution in [3.05, 3.63) is 0 Å². The number of hydrogen-bond donors (Lipinski definition) is 1. The minimum atomic E-state index is 0.552. The van der Waals surface area contributed by atoms with Gasteiger partial charge in [0.2, 0.25) is 0 Å². The minimum Gasteiger partial charge on any atom is -0.305 e. The lowest BCUT2D eigenvalue weighted by molar-refractivity contribution is 0.212. The molecule has 0 aromatic heterocycles. The van der Waals surface area contributed by atoms with Gasteiger partial charge in [-0.1, -0.05) is 5.92 Å². The third kappa shape index (κ3) is 4.98. The van der Waals surface area contributed by atoms with Crippen molar-refractivity contribution in [2.45, 2.75) is 25.8 Å². The largest absolute Gasteiger partial charge is 0.305 e. The van der Waals surface area contributed by atoms with Gasteiger partial charge in [0.1, 0.15) is 0 Å². The van der Waals surface area contributed by atoms with Gasteiger partial charge in [-0.3, -0.25) is 0 Å². The number of nitrogens with one attached hydrogen (secondary N) is 1. The Morgan fingerprint density at radius 2 is 2.12 bits per heavy atom. The van der Waals surface area contributed by atoms with Crippen LogP contribution in [0.5, 0.6) is 0 Å². The lowest BCUT2D eigenvalue weighted by atomic mass is 10.3. The molecule has 0 spiro atoms. The highest BCUT2D eigenvalue weighted by atomic mass is 15.2. The van der Waals surface area contributed by atoms with Gasteiger partial charge in [0.05, 0.1) is 6.54 Å². The SMILES string of the molecule is C#CCNCC(C)N(C)CCN1CCCC1. The summed E-state index contributed by atoms with van der Waals surface area (Å²) in [6.07, 6.45) is 7.96. The van der Waals surface area contributed by atoms with Crippen LogP contribution in [0.15, 0.2) is 0 Å². The molecule has 0 aromatic rings. The van der Waals surface area contributed by atoms with Gasteiger partial charge >= 0.3 is 0 Å². The van der Waals surface area contributed by atoms with E-state index in [0.29, 0.717) is 12.6 Å². The highest BCUT2D eigenvalue weighted by Crippen LogP contribution is 2.06. The van der Waals surface area contributed by atoms with Crippen molar-refractivity contribution in [2.24, 2.45) is 0 Å². The summed E-state index contributed by atoms with van der Waals surface area (Å²) in [5.41, 5.74) is 0. The molecule has 0 bridgehead atoms. The lowest BCUT2D eigenvalue weighted by Gasteiger charge is -2.27. The predicted molar refractivity (Wildman–Crippen MR) is 69.5 cm³/mol. The molecule has 92 valence electrons. The molecule has 1 rings (SSSR count). The van der Waals surface area contributed by atoms with E-state index in [2.05, 4.69) is 35.0 Å². The Morgan fingerprint density at radius 1 is 1.44 bits per heavy atom. The molecule has 1 saturated heterocycles. The fourth-order valence-electron chi connectivity index (χ4n) is 2.03. The van der Waals surface area contributed by atoms with Crippen LogP contribution in [-0.4, -0.2) is 62.2 Å². The van der Waals surface area contributed by atoms with Crippen molar-refractivity contribution in [3.63, 3.8) is 0 Å². The highest BCUT2D eigenvalue weighted by Gasteiger charge is 2.13. The van der Waals surface area contributed by atoms with Gasteiger partial charge in [-0.2, -0.15) is 0 Å². The van der Waals surface area contributed by atoms with Crippen molar-refractivity contribution >= 4 is 0 Å². The zero-order valence-corrected chi connectivity index (χ0v) is 10.7. The number of likely N-dealkylation sites (N-methyl/N-ethyl adjacent to an activating group) is 1. The smallest absolute Gasteiger partial charge is 0.0574 e. The van der Waals surface area contributed by atoms with Gasteiger partial charge in [-0.05, 0) is 39.9 Å². The Labute approximate surface area is 100 Å². The van der Waals surface area contributed by atoms with Crippen molar-refractivity contribution < 1.29 is 0 Å². The second kappa shape index (κ2) is 7.67. The predicted octanol–water partition coefficient (Wildman–Crippen LogP) is 0.625. The summed E-state index contributed by atoms with van der Waals surface area (Å²) in [6.45, 7) is 8.82. The number of rotatable bonds is 7. The molecule has 0 aromatic carbocycles. The molecule has 16 heavy (non-hydrogen) atoms. The van der Waals surface area contributed by atoms with E-state index in [1.807, 2.05) is 0 Å². The van der Waals surface area contributed by atoms with E-state index < -0.39 is 0 Å². The first-order valence-electron chi connectivity index (χ1n) is 6.31. The van der Waals surface area contributed by atoms with E-state index in [0.717, 1.165) is 13.1 Å². The van der Waals surface area contributed by atoms with Gasteiger partial charge in [-0.25, -0.2) is 0 Å². The first-order valence-corrected chi connectivity index (χ1v) is 6.31. The first kappa shape index (κ1) is 13.5. The maximum Gasteiger partial charge on any atom is 0.0574 e. The fourth-order valence-corrected chi connectivity index (χ4v) is 2.03. The molecule has 1 fully saturated rings. The van der Waals surface area contributed by atoms with Crippen LogP contribution in [0.25, 0.3) is 0 Å². The van der Waals surface area contributed by atoms with Gasteiger partial charge in [-0.15, -0.1) is 6.42 Å². The van der Waals surface area contributed by atoms with Gasteiger partial charge in [0, 0.05) is 25.7 Å². The first-order chi connectivity index (χ1) is 7.74. The maximum absolute atomic E-state index is 5.20. The molecule has 0 aliphatic carbocycles. The standard InChI is InChI=1S/C13H25N3/c1-4-7-14-12-13(2)15(3)10-11-16-8-5-6-9-16/h1,13-14H,5-12H2,2-3H3. The zero-order chi connectivity index (χ0) is 11.8. The molecule has 3 heteroatoms. The molecule has 1 heterocycles. The van der Waals surface area contributed by atoms with E-state index in [1.54, 1.807) is 0 Å². The van der Waals surface area contributed by atoms with Gasteiger partial charge in [0.25, 0.3) is 0 Å². The molecule has 0 radical (unpaired) electrons. The summed E-state index contributed by atoms with van der Waals surface area (Å²) >= 11 is 0. The summed E-state index contributed by atoms with van der Waals surface area (Å²) in [4.78, 5) is 4.96. The van der Waals surface area contributed by atoms with Crippen LogP contribution in [-0.2, 0) is 0 Å². The molecular weight excluding hydrogens is 198 g/mol. The van der Waals surface area contributed by atoms with Gasteiger partial charge < -0.3 is 15.1 Å². The van der Waals surface area contributed by atoms with Crippen LogP contribution in [0.2, 0.25) is 0 Å². The highest BCUT2D eigenvalue weighted by molar-refractivity contribution is 4.87. The average molecular weight is 223 g/mol. The summed E-state index contributed by atoms with van der Waals surface area (Å²) in [6, 6.07) is 0.552. The number of likely N-dealkylation sites (tertiary alicyclic amines) is 1. The van der Waals surface area contributed by atoms with Crippen LogP contribution in [0.4, 0.5) is 0 Å². The van der Waals surface area contributed by atoms with E-state index in [4.69, 9.17) is 6.42 Å².